The molecule has 0 aromatic heterocycles. The van der Waals surface area contributed by atoms with Crippen LogP contribution >= 0.6 is 11.8 Å². The molecule has 0 rings (SSSR count). The monoisotopic (exact) mass is 163 g/mol. The average Bonchev–Trinajstić information content (AvgIpc) is 1.99. The van der Waals surface area contributed by atoms with E-state index in [4.69, 9.17) is 5.11 Å². The first-order valence-electron chi connectivity index (χ1n) is 3.68. The smallest absolute Gasteiger partial charge is 0.0584 e. The molecule has 2 N–H and O–H groups in total. The first kappa shape index (κ1) is 10.3. The average molecular weight is 163 g/mol. The van der Waals surface area contributed by atoms with E-state index in [-0.39, 0.29) is 6.61 Å². The molecule has 0 aliphatic rings. The summed E-state index contributed by atoms with van der Waals surface area (Å²) in [5, 5.41) is 12.0. The molecule has 0 aliphatic heterocycles. The second-order valence-corrected chi connectivity index (χ2v) is 3.22. The van der Waals surface area contributed by atoms with Gasteiger partial charge in [0, 0.05) is 18.3 Å². The van der Waals surface area contributed by atoms with E-state index >= 15 is 0 Å². The summed E-state index contributed by atoms with van der Waals surface area (Å²) < 4.78 is 0. The van der Waals surface area contributed by atoms with Crippen LogP contribution in [0.4, 0.5) is 0 Å². The van der Waals surface area contributed by atoms with Gasteiger partial charge < -0.3 is 10.4 Å². The molecule has 3 heteroatoms. The SMILES string of the molecule is CCC(CO)NCCSC. The second kappa shape index (κ2) is 7.38. The van der Waals surface area contributed by atoms with Crippen molar-refractivity contribution < 1.29 is 5.11 Å². The topological polar surface area (TPSA) is 32.3 Å². The Kier molecular flexibility index (Phi) is 7.58. The molecule has 2 nitrogen and oxygen atoms in total. The van der Waals surface area contributed by atoms with Crippen LogP contribution in [0.3, 0.4) is 0 Å². The second-order valence-electron chi connectivity index (χ2n) is 2.23. The summed E-state index contributed by atoms with van der Waals surface area (Å²) in [4.78, 5) is 0. The third-order valence-electron chi connectivity index (χ3n) is 1.45. The Hall–Kier alpha value is 0.270. The molecule has 0 radical (unpaired) electrons. The molecular weight excluding hydrogens is 146 g/mol. The molecule has 0 saturated heterocycles. The van der Waals surface area contributed by atoms with Gasteiger partial charge in [0.1, 0.15) is 0 Å². The van der Waals surface area contributed by atoms with Crippen LogP contribution in [0.1, 0.15) is 13.3 Å². The molecule has 0 aromatic rings. The van der Waals surface area contributed by atoms with Gasteiger partial charge in [-0.3, -0.25) is 0 Å². The Morgan fingerprint density at radius 2 is 2.30 bits per heavy atom. The summed E-state index contributed by atoms with van der Waals surface area (Å²) in [7, 11) is 0. The Labute approximate surface area is 67.4 Å². The van der Waals surface area contributed by atoms with Gasteiger partial charge in [-0.1, -0.05) is 6.92 Å². The van der Waals surface area contributed by atoms with Crippen molar-refractivity contribution in [1.82, 2.24) is 5.32 Å². The lowest BCUT2D eigenvalue weighted by Gasteiger charge is -2.12. The summed E-state index contributed by atoms with van der Waals surface area (Å²) in [5.74, 6) is 1.12. The predicted octanol–water partition coefficient (Wildman–Crippen LogP) is 0.710. The fourth-order valence-electron chi connectivity index (χ4n) is 0.703. The van der Waals surface area contributed by atoms with E-state index < -0.39 is 0 Å². The quantitative estimate of drug-likeness (QED) is 0.566. The third kappa shape index (κ3) is 5.09. The highest BCUT2D eigenvalue weighted by molar-refractivity contribution is 7.98. The third-order valence-corrected chi connectivity index (χ3v) is 2.06. The summed E-state index contributed by atoms with van der Waals surface area (Å²) in [6, 6.07) is 0.298. The van der Waals surface area contributed by atoms with E-state index in [2.05, 4.69) is 18.5 Å². The Balaban J connectivity index is 3.09. The Bertz CT molecular complexity index is 66.6. The molecule has 10 heavy (non-hydrogen) atoms. The van der Waals surface area contributed by atoms with E-state index in [0.717, 1.165) is 18.7 Å². The van der Waals surface area contributed by atoms with E-state index in [1.807, 2.05) is 11.8 Å². The molecule has 1 atom stereocenters. The van der Waals surface area contributed by atoms with Crippen molar-refractivity contribution in [3.05, 3.63) is 0 Å². The van der Waals surface area contributed by atoms with Crippen LogP contribution in [0, 0.1) is 0 Å². The van der Waals surface area contributed by atoms with Crippen molar-refractivity contribution in [2.24, 2.45) is 0 Å². The van der Waals surface area contributed by atoms with Crippen LogP contribution in [0.15, 0.2) is 0 Å². The number of rotatable bonds is 6. The molecule has 0 bridgehead atoms. The van der Waals surface area contributed by atoms with E-state index in [0.29, 0.717) is 6.04 Å². The van der Waals surface area contributed by atoms with E-state index in [1.54, 1.807) is 0 Å². The normalized spacial score (nSPS) is 13.5. The maximum absolute atomic E-state index is 8.76. The molecule has 0 fully saturated rings. The molecule has 0 amide bonds. The van der Waals surface area contributed by atoms with Gasteiger partial charge in [0.25, 0.3) is 0 Å². The maximum atomic E-state index is 8.76. The van der Waals surface area contributed by atoms with Gasteiger partial charge in [0.15, 0.2) is 0 Å². The highest BCUT2D eigenvalue weighted by Gasteiger charge is 2.00. The van der Waals surface area contributed by atoms with Crippen molar-refractivity contribution >= 4 is 11.8 Å². The van der Waals surface area contributed by atoms with E-state index in [9.17, 15) is 0 Å². The van der Waals surface area contributed by atoms with Crippen LogP contribution in [0.25, 0.3) is 0 Å². The summed E-state index contributed by atoms with van der Waals surface area (Å²) in [5.41, 5.74) is 0. The lowest BCUT2D eigenvalue weighted by Crippen LogP contribution is -2.33. The molecule has 0 heterocycles. The Morgan fingerprint density at radius 3 is 2.70 bits per heavy atom. The molecule has 1 unspecified atom stereocenters. The van der Waals surface area contributed by atoms with Crippen LogP contribution in [0.2, 0.25) is 0 Å². The summed E-state index contributed by atoms with van der Waals surface area (Å²) in [6.07, 6.45) is 3.09. The number of aliphatic hydroxyl groups is 1. The molecule has 0 spiro atoms. The van der Waals surface area contributed by atoms with Crippen LogP contribution < -0.4 is 5.32 Å². The van der Waals surface area contributed by atoms with Crippen molar-refractivity contribution in [1.29, 1.82) is 0 Å². The zero-order valence-corrected chi connectivity index (χ0v) is 7.58. The minimum Gasteiger partial charge on any atom is -0.395 e. The largest absolute Gasteiger partial charge is 0.395 e. The Morgan fingerprint density at radius 1 is 1.60 bits per heavy atom. The van der Waals surface area contributed by atoms with Crippen molar-refractivity contribution in [2.45, 2.75) is 19.4 Å². The summed E-state index contributed by atoms with van der Waals surface area (Å²) in [6.45, 7) is 3.33. The number of hydrogen-bond donors (Lipinski definition) is 2. The number of nitrogens with one attached hydrogen (secondary N) is 1. The van der Waals surface area contributed by atoms with Gasteiger partial charge >= 0.3 is 0 Å². The first-order valence-corrected chi connectivity index (χ1v) is 5.07. The van der Waals surface area contributed by atoms with Gasteiger partial charge in [-0.05, 0) is 12.7 Å². The highest BCUT2D eigenvalue weighted by atomic mass is 32.2. The highest BCUT2D eigenvalue weighted by Crippen LogP contribution is 1.91. The number of aliphatic hydroxyl groups excluding tert-OH is 1. The van der Waals surface area contributed by atoms with Crippen LogP contribution in [0.5, 0.6) is 0 Å². The summed E-state index contributed by atoms with van der Waals surface area (Å²) >= 11 is 1.82. The van der Waals surface area contributed by atoms with Crippen LogP contribution in [-0.4, -0.2) is 36.3 Å². The predicted molar refractivity (Wildman–Crippen MR) is 47.5 cm³/mol. The molecule has 0 saturated carbocycles. The van der Waals surface area contributed by atoms with Crippen molar-refractivity contribution in [3.63, 3.8) is 0 Å². The van der Waals surface area contributed by atoms with Gasteiger partial charge in [-0.25, -0.2) is 0 Å². The fraction of sp³-hybridized carbons (Fsp3) is 1.00. The van der Waals surface area contributed by atoms with Crippen molar-refractivity contribution in [3.8, 4) is 0 Å². The minimum absolute atomic E-state index is 0.255. The van der Waals surface area contributed by atoms with Crippen molar-refractivity contribution in [2.75, 3.05) is 25.2 Å². The lowest BCUT2D eigenvalue weighted by atomic mass is 10.2. The van der Waals surface area contributed by atoms with Gasteiger partial charge in [0.2, 0.25) is 0 Å². The van der Waals surface area contributed by atoms with Gasteiger partial charge in [0.05, 0.1) is 6.61 Å². The molecule has 62 valence electrons. The minimum atomic E-state index is 0.255. The van der Waals surface area contributed by atoms with Crippen LogP contribution in [-0.2, 0) is 0 Å². The van der Waals surface area contributed by atoms with Gasteiger partial charge in [-0.2, -0.15) is 11.8 Å². The van der Waals surface area contributed by atoms with E-state index in [1.165, 1.54) is 0 Å². The van der Waals surface area contributed by atoms with Gasteiger partial charge in [-0.15, -0.1) is 0 Å². The first-order chi connectivity index (χ1) is 4.85. The standard InChI is InChI=1S/C7H17NOS/c1-3-7(6-9)8-4-5-10-2/h7-9H,3-6H2,1-2H3. The fourth-order valence-corrected chi connectivity index (χ4v) is 1.03. The maximum Gasteiger partial charge on any atom is 0.0584 e. The zero-order chi connectivity index (χ0) is 7.82. The lowest BCUT2D eigenvalue weighted by molar-refractivity contribution is 0.241. The number of thioether (sulfide) groups is 1. The molecular formula is C7H17NOS. The number of hydrogen-bond acceptors (Lipinski definition) is 3. The molecule has 0 aliphatic carbocycles. The zero-order valence-electron chi connectivity index (χ0n) is 6.76. The molecule has 0 aromatic carbocycles.